The molecule has 6 nitrogen and oxygen atoms in total. The lowest BCUT2D eigenvalue weighted by molar-refractivity contribution is -0.136. The standard InChI is InChI=1S/C22H31N5O/c1-17-6-7-18(15-23)21(24-17)25-13-8-20(9-14-25)27-12-4-5-19(16-27)22(28)26-10-2-3-11-26/h6-7,19-20H,2-5,8-14,16H2,1H3/t19-/m0/s1. The SMILES string of the molecule is Cc1ccc(C#N)c(N2CCC(N3CCC[C@H](C(=O)N4CCCC4)C3)CC2)n1. The van der Waals surface area contributed by atoms with Gasteiger partial charge >= 0.3 is 0 Å². The van der Waals surface area contributed by atoms with Gasteiger partial charge in [-0.25, -0.2) is 4.98 Å². The maximum absolute atomic E-state index is 12.8. The van der Waals surface area contributed by atoms with Crippen molar-refractivity contribution in [3.63, 3.8) is 0 Å². The van der Waals surface area contributed by atoms with E-state index in [1.54, 1.807) is 0 Å². The van der Waals surface area contributed by atoms with Crippen molar-refractivity contribution in [2.24, 2.45) is 5.92 Å². The molecule has 1 amide bonds. The topological polar surface area (TPSA) is 63.5 Å². The summed E-state index contributed by atoms with van der Waals surface area (Å²) in [6, 6.07) is 6.61. The minimum absolute atomic E-state index is 0.188. The third-order valence-corrected chi connectivity index (χ3v) is 6.64. The molecule has 3 saturated heterocycles. The van der Waals surface area contributed by atoms with Crippen molar-refractivity contribution in [2.45, 2.75) is 51.5 Å². The summed E-state index contributed by atoms with van der Waals surface area (Å²) in [5.74, 6) is 1.41. The summed E-state index contributed by atoms with van der Waals surface area (Å²) in [5, 5.41) is 9.41. The number of piperidine rings is 2. The Morgan fingerprint density at radius 3 is 2.54 bits per heavy atom. The van der Waals surface area contributed by atoms with Crippen molar-refractivity contribution in [3.8, 4) is 6.07 Å². The van der Waals surface area contributed by atoms with E-state index in [4.69, 9.17) is 0 Å². The van der Waals surface area contributed by atoms with E-state index in [1.165, 1.54) is 0 Å². The van der Waals surface area contributed by atoms with Crippen LogP contribution in [0.1, 0.15) is 49.8 Å². The number of amides is 1. The van der Waals surface area contributed by atoms with Gasteiger partial charge in [-0.05, 0) is 64.1 Å². The first-order valence-electron chi connectivity index (χ1n) is 10.8. The minimum Gasteiger partial charge on any atom is -0.355 e. The molecule has 4 rings (SSSR count). The van der Waals surface area contributed by atoms with Crippen LogP contribution in [0.15, 0.2) is 12.1 Å². The van der Waals surface area contributed by atoms with Crippen molar-refractivity contribution in [3.05, 3.63) is 23.4 Å². The van der Waals surface area contributed by atoms with Crippen LogP contribution in [0.4, 0.5) is 5.82 Å². The Morgan fingerprint density at radius 1 is 1.07 bits per heavy atom. The van der Waals surface area contributed by atoms with Gasteiger partial charge < -0.3 is 9.80 Å². The number of hydrogen-bond donors (Lipinski definition) is 0. The predicted molar refractivity (Wildman–Crippen MR) is 109 cm³/mol. The molecule has 0 radical (unpaired) electrons. The van der Waals surface area contributed by atoms with E-state index in [0.717, 1.165) is 89.3 Å². The zero-order valence-electron chi connectivity index (χ0n) is 16.9. The van der Waals surface area contributed by atoms with Gasteiger partial charge in [0.15, 0.2) is 0 Å². The Kier molecular flexibility index (Phi) is 5.82. The monoisotopic (exact) mass is 381 g/mol. The molecule has 0 unspecified atom stereocenters. The van der Waals surface area contributed by atoms with E-state index < -0.39 is 0 Å². The van der Waals surface area contributed by atoms with Crippen LogP contribution in [0.25, 0.3) is 0 Å². The molecule has 4 heterocycles. The number of anilines is 1. The van der Waals surface area contributed by atoms with Crippen molar-refractivity contribution in [1.82, 2.24) is 14.8 Å². The molecule has 1 atom stereocenters. The Morgan fingerprint density at radius 2 is 1.82 bits per heavy atom. The van der Waals surface area contributed by atoms with Crippen LogP contribution in [-0.2, 0) is 4.79 Å². The molecular weight excluding hydrogens is 350 g/mol. The molecule has 3 aliphatic rings. The average Bonchev–Trinajstić information content (AvgIpc) is 3.28. The lowest BCUT2D eigenvalue weighted by Gasteiger charge is -2.42. The molecule has 3 aliphatic heterocycles. The summed E-state index contributed by atoms with van der Waals surface area (Å²) in [6.45, 7) is 7.78. The van der Waals surface area contributed by atoms with Gasteiger partial charge in [-0.3, -0.25) is 9.69 Å². The van der Waals surface area contributed by atoms with Crippen LogP contribution in [0.2, 0.25) is 0 Å². The van der Waals surface area contributed by atoms with Gasteiger partial charge in [0.2, 0.25) is 5.91 Å². The molecule has 0 aliphatic carbocycles. The van der Waals surface area contributed by atoms with Crippen molar-refractivity contribution < 1.29 is 4.79 Å². The Bertz CT molecular complexity index is 744. The second-order valence-corrected chi connectivity index (χ2v) is 8.52. The number of nitriles is 1. The summed E-state index contributed by atoms with van der Waals surface area (Å²) in [5.41, 5.74) is 1.62. The van der Waals surface area contributed by atoms with E-state index in [2.05, 4.69) is 25.8 Å². The predicted octanol–water partition coefficient (Wildman–Crippen LogP) is 2.56. The van der Waals surface area contributed by atoms with Crippen LogP contribution < -0.4 is 4.90 Å². The largest absolute Gasteiger partial charge is 0.355 e. The second-order valence-electron chi connectivity index (χ2n) is 8.52. The minimum atomic E-state index is 0.188. The van der Waals surface area contributed by atoms with Crippen LogP contribution >= 0.6 is 0 Å². The first-order chi connectivity index (χ1) is 13.7. The van der Waals surface area contributed by atoms with Gasteiger partial charge in [-0.1, -0.05) is 0 Å². The lowest BCUT2D eigenvalue weighted by atomic mass is 9.93. The third-order valence-electron chi connectivity index (χ3n) is 6.64. The molecular formula is C22H31N5O. The van der Waals surface area contributed by atoms with E-state index in [0.29, 0.717) is 17.5 Å². The van der Waals surface area contributed by atoms with Crippen LogP contribution in [0, 0.1) is 24.2 Å². The summed E-state index contributed by atoms with van der Waals surface area (Å²) < 4.78 is 0. The zero-order valence-corrected chi connectivity index (χ0v) is 16.9. The molecule has 0 saturated carbocycles. The molecule has 6 heteroatoms. The fourth-order valence-electron chi connectivity index (χ4n) is 5.05. The number of pyridine rings is 1. The quantitative estimate of drug-likeness (QED) is 0.805. The van der Waals surface area contributed by atoms with Crippen LogP contribution in [0.5, 0.6) is 0 Å². The highest BCUT2D eigenvalue weighted by atomic mass is 16.2. The lowest BCUT2D eigenvalue weighted by Crippen LogP contribution is -2.51. The normalized spacial score (nSPS) is 24.4. The second kappa shape index (κ2) is 8.48. The van der Waals surface area contributed by atoms with Gasteiger partial charge in [0.25, 0.3) is 0 Å². The Balaban J connectivity index is 1.35. The van der Waals surface area contributed by atoms with Crippen molar-refractivity contribution in [2.75, 3.05) is 44.2 Å². The van der Waals surface area contributed by atoms with Gasteiger partial charge in [0.1, 0.15) is 11.9 Å². The molecule has 28 heavy (non-hydrogen) atoms. The molecule has 1 aromatic heterocycles. The van der Waals surface area contributed by atoms with Crippen molar-refractivity contribution >= 4 is 11.7 Å². The maximum atomic E-state index is 12.8. The van der Waals surface area contributed by atoms with Gasteiger partial charge in [-0.15, -0.1) is 0 Å². The first kappa shape index (κ1) is 19.2. The average molecular weight is 382 g/mol. The van der Waals surface area contributed by atoms with E-state index in [9.17, 15) is 10.1 Å². The molecule has 0 spiro atoms. The number of aromatic nitrogens is 1. The highest BCUT2D eigenvalue weighted by Gasteiger charge is 2.34. The van der Waals surface area contributed by atoms with E-state index >= 15 is 0 Å². The van der Waals surface area contributed by atoms with Gasteiger partial charge in [0.05, 0.1) is 11.5 Å². The summed E-state index contributed by atoms with van der Waals surface area (Å²) in [6.07, 6.45) is 6.65. The van der Waals surface area contributed by atoms with E-state index in [1.807, 2.05) is 19.1 Å². The van der Waals surface area contributed by atoms with Crippen molar-refractivity contribution in [1.29, 1.82) is 5.26 Å². The number of hydrogen-bond acceptors (Lipinski definition) is 5. The fourth-order valence-corrected chi connectivity index (χ4v) is 5.05. The first-order valence-corrected chi connectivity index (χ1v) is 10.8. The maximum Gasteiger partial charge on any atom is 0.226 e. The Labute approximate surface area is 168 Å². The smallest absolute Gasteiger partial charge is 0.226 e. The summed E-state index contributed by atoms with van der Waals surface area (Å²) in [7, 11) is 0. The van der Waals surface area contributed by atoms with Gasteiger partial charge in [-0.2, -0.15) is 5.26 Å². The molecule has 0 bridgehead atoms. The summed E-state index contributed by atoms with van der Waals surface area (Å²) in [4.78, 5) is 24.4. The van der Waals surface area contributed by atoms with Crippen LogP contribution in [0.3, 0.4) is 0 Å². The highest BCUT2D eigenvalue weighted by molar-refractivity contribution is 5.79. The summed E-state index contributed by atoms with van der Waals surface area (Å²) >= 11 is 0. The third kappa shape index (κ3) is 4.00. The molecule has 3 fully saturated rings. The van der Waals surface area contributed by atoms with Crippen LogP contribution in [-0.4, -0.2) is 66.0 Å². The fraction of sp³-hybridized carbons (Fsp3) is 0.682. The van der Waals surface area contributed by atoms with Gasteiger partial charge in [0, 0.05) is 44.5 Å². The Hall–Kier alpha value is -2.13. The van der Waals surface area contributed by atoms with E-state index in [-0.39, 0.29) is 5.92 Å². The number of aryl methyl sites for hydroxylation is 1. The number of nitrogens with zero attached hydrogens (tertiary/aromatic N) is 5. The molecule has 1 aromatic rings. The number of likely N-dealkylation sites (tertiary alicyclic amines) is 2. The number of carbonyl (C=O) groups excluding carboxylic acids is 1. The molecule has 0 aromatic carbocycles. The molecule has 0 N–H and O–H groups in total. The number of carbonyl (C=O) groups is 1. The molecule has 150 valence electrons. The highest BCUT2D eigenvalue weighted by Crippen LogP contribution is 2.28. The zero-order chi connectivity index (χ0) is 19.5. The number of rotatable bonds is 3.